The number of rotatable bonds is 3. The zero-order chi connectivity index (χ0) is 12.3. The number of nitrogens with one attached hydrogen (secondary N) is 1. The van der Waals surface area contributed by atoms with Crippen LogP contribution >= 0.6 is 15.9 Å². The first-order valence-corrected chi connectivity index (χ1v) is 6.80. The molecule has 0 saturated carbocycles. The summed E-state index contributed by atoms with van der Waals surface area (Å²) in [6.07, 6.45) is 2.40. The predicted octanol–water partition coefficient (Wildman–Crippen LogP) is 2.77. The molecule has 0 spiro atoms. The van der Waals surface area contributed by atoms with Crippen LogP contribution in [0, 0.1) is 5.82 Å². The van der Waals surface area contributed by atoms with Crippen LogP contribution in [0.4, 0.5) is 4.39 Å². The van der Waals surface area contributed by atoms with Crippen molar-refractivity contribution in [2.45, 2.75) is 25.4 Å². The summed E-state index contributed by atoms with van der Waals surface area (Å²) in [7, 11) is 2.13. The summed E-state index contributed by atoms with van der Waals surface area (Å²) < 4.78 is 14.4. The number of halogens is 2. The van der Waals surface area contributed by atoms with Crippen LogP contribution in [-0.4, -0.2) is 31.1 Å². The minimum atomic E-state index is -0.143. The van der Waals surface area contributed by atoms with E-state index in [4.69, 9.17) is 0 Å². The van der Waals surface area contributed by atoms with E-state index in [2.05, 4.69) is 33.2 Å². The normalized spacial score (nSPS) is 21.7. The van der Waals surface area contributed by atoms with Crippen molar-refractivity contribution in [1.82, 2.24) is 10.2 Å². The molecule has 4 heteroatoms. The van der Waals surface area contributed by atoms with Gasteiger partial charge in [-0.3, -0.25) is 0 Å². The zero-order valence-electron chi connectivity index (χ0n) is 10.0. The van der Waals surface area contributed by atoms with Crippen LogP contribution < -0.4 is 5.32 Å². The van der Waals surface area contributed by atoms with Gasteiger partial charge in [0.1, 0.15) is 5.82 Å². The molecule has 1 atom stereocenters. The van der Waals surface area contributed by atoms with E-state index >= 15 is 0 Å². The number of likely N-dealkylation sites (tertiary alicyclic amines) is 1. The third kappa shape index (κ3) is 3.76. The Morgan fingerprint density at radius 3 is 3.06 bits per heavy atom. The molecule has 1 aliphatic rings. The third-order valence-corrected chi connectivity index (χ3v) is 3.71. The van der Waals surface area contributed by atoms with Gasteiger partial charge in [0.15, 0.2) is 0 Å². The van der Waals surface area contributed by atoms with E-state index in [1.807, 2.05) is 12.1 Å². The van der Waals surface area contributed by atoms with E-state index in [1.165, 1.54) is 25.5 Å². The Morgan fingerprint density at radius 2 is 2.35 bits per heavy atom. The van der Waals surface area contributed by atoms with Gasteiger partial charge in [0.2, 0.25) is 0 Å². The van der Waals surface area contributed by atoms with Gasteiger partial charge in [-0.2, -0.15) is 0 Å². The number of piperidine rings is 1. The highest BCUT2D eigenvalue weighted by Gasteiger charge is 2.16. The van der Waals surface area contributed by atoms with Crippen LogP contribution in [0.25, 0.3) is 0 Å². The first-order chi connectivity index (χ1) is 8.15. The topological polar surface area (TPSA) is 15.3 Å². The molecule has 0 amide bonds. The molecule has 2 nitrogen and oxygen atoms in total. The molecule has 2 rings (SSSR count). The average Bonchev–Trinajstić information content (AvgIpc) is 2.28. The van der Waals surface area contributed by atoms with Crippen molar-refractivity contribution in [1.29, 1.82) is 0 Å². The molecule has 1 aromatic carbocycles. The summed E-state index contributed by atoms with van der Waals surface area (Å²) in [5.74, 6) is -0.143. The molecule has 0 radical (unpaired) electrons. The van der Waals surface area contributed by atoms with Crippen molar-refractivity contribution < 1.29 is 4.39 Å². The largest absolute Gasteiger partial charge is 0.309 e. The molecule has 1 unspecified atom stereocenters. The lowest BCUT2D eigenvalue weighted by molar-refractivity contribution is 0.226. The van der Waals surface area contributed by atoms with Gasteiger partial charge in [-0.1, -0.05) is 22.0 Å². The number of hydrogen-bond donors (Lipinski definition) is 1. The zero-order valence-corrected chi connectivity index (χ0v) is 11.6. The number of likely N-dealkylation sites (N-methyl/N-ethyl adjacent to an activating group) is 1. The fourth-order valence-corrected chi connectivity index (χ4v) is 2.59. The Balaban J connectivity index is 1.88. The maximum atomic E-state index is 13.6. The maximum Gasteiger partial charge on any atom is 0.128 e. The van der Waals surface area contributed by atoms with E-state index in [0.717, 1.165) is 16.6 Å². The fourth-order valence-electron chi connectivity index (χ4n) is 2.25. The summed E-state index contributed by atoms with van der Waals surface area (Å²) in [5, 5.41) is 3.43. The van der Waals surface area contributed by atoms with Gasteiger partial charge in [0, 0.05) is 29.2 Å². The molecule has 1 aromatic rings. The maximum absolute atomic E-state index is 13.6. The van der Waals surface area contributed by atoms with Gasteiger partial charge in [0.05, 0.1) is 0 Å². The lowest BCUT2D eigenvalue weighted by Crippen LogP contribution is -2.43. The Labute approximate surface area is 110 Å². The molecule has 1 saturated heterocycles. The smallest absolute Gasteiger partial charge is 0.128 e. The van der Waals surface area contributed by atoms with Crippen molar-refractivity contribution >= 4 is 15.9 Å². The van der Waals surface area contributed by atoms with E-state index in [9.17, 15) is 4.39 Å². The predicted molar refractivity (Wildman–Crippen MR) is 71.5 cm³/mol. The highest BCUT2D eigenvalue weighted by molar-refractivity contribution is 9.10. The van der Waals surface area contributed by atoms with Crippen LogP contribution in [0.5, 0.6) is 0 Å². The van der Waals surface area contributed by atoms with Gasteiger partial charge >= 0.3 is 0 Å². The average molecular weight is 301 g/mol. The SMILES string of the molecule is CN1CCCC(NCc2ccc(Br)cc2F)C1. The monoisotopic (exact) mass is 300 g/mol. The Bertz CT molecular complexity index is 384. The first kappa shape index (κ1) is 13.0. The molecule has 0 bridgehead atoms. The lowest BCUT2D eigenvalue weighted by atomic mass is 10.1. The van der Waals surface area contributed by atoms with Gasteiger partial charge in [-0.15, -0.1) is 0 Å². The second-order valence-corrected chi connectivity index (χ2v) is 5.63. The standard InChI is InChI=1S/C13H18BrFN2/c1-17-6-2-3-12(9-17)16-8-10-4-5-11(14)7-13(10)15/h4-5,7,12,16H,2-3,6,8-9H2,1H3. The summed E-state index contributed by atoms with van der Waals surface area (Å²) >= 11 is 3.26. The molecule has 1 heterocycles. The van der Waals surface area contributed by atoms with Gasteiger partial charge in [0.25, 0.3) is 0 Å². The van der Waals surface area contributed by atoms with Crippen molar-refractivity contribution in [3.8, 4) is 0 Å². The molecule has 0 aliphatic carbocycles. The number of hydrogen-bond acceptors (Lipinski definition) is 2. The molecule has 0 aromatic heterocycles. The quantitative estimate of drug-likeness (QED) is 0.923. The van der Waals surface area contributed by atoms with Crippen molar-refractivity contribution in [2.24, 2.45) is 0 Å². The minimum absolute atomic E-state index is 0.143. The molecule has 1 N–H and O–H groups in total. The summed E-state index contributed by atoms with van der Waals surface area (Å²) in [5.41, 5.74) is 0.737. The second kappa shape index (κ2) is 5.94. The molecule has 94 valence electrons. The number of benzene rings is 1. The van der Waals surface area contributed by atoms with Crippen molar-refractivity contribution in [3.05, 3.63) is 34.1 Å². The molecular formula is C13H18BrFN2. The lowest BCUT2D eigenvalue weighted by Gasteiger charge is -2.30. The highest BCUT2D eigenvalue weighted by atomic mass is 79.9. The Morgan fingerprint density at radius 1 is 1.53 bits per heavy atom. The van der Waals surface area contributed by atoms with E-state index < -0.39 is 0 Å². The van der Waals surface area contributed by atoms with Crippen LogP contribution in [0.2, 0.25) is 0 Å². The van der Waals surface area contributed by atoms with Crippen LogP contribution in [0.15, 0.2) is 22.7 Å². The first-order valence-electron chi connectivity index (χ1n) is 6.01. The van der Waals surface area contributed by atoms with E-state index in [0.29, 0.717) is 12.6 Å². The van der Waals surface area contributed by atoms with Gasteiger partial charge in [-0.25, -0.2) is 4.39 Å². The third-order valence-electron chi connectivity index (χ3n) is 3.22. The van der Waals surface area contributed by atoms with E-state index in [1.54, 1.807) is 0 Å². The van der Waals surface area contributed by atoms with Crippen LogP contribution in [-0.2, 0) is 6.54 Å². The Hall–Kier alpha value is -0.450. The molecule has 1 aliphatic heterocycles. The second-order valence-electron chi connectivity index (χ2n) is 4.72. The van der Waals surface area contributed by atoms with Gasteiger partial charge < -0.3 is 10.2 Å². The Kier molecular flexibility index (Phi) is 4.54. The summed E-state index contributed by atoms with van der Waals surface area (Å²) in [6, 6.07) is 5.72. The van der Waals surface area contributed by atoms with Crippen molar-refractivity contribution in [3.63, 3.8) is 0 Å². The minimum Gasteiger partial charge on any atom is -0.309 e. The molecule has 1 fully saturated rings. The van der Waals surface area contributed by atoms with E-state index in [-0.39, 0.29) is 5.82 Å². The van der Waals surface area contributed by atoms with Crippen LogP contribution in [0.1, 0.15) is 18.4 Å². The fraction of sp³-hybridized carbons (Fsp3) is 0.538. The summed E-state index contributed by atoms with van der Waals surface area (Å²) in [6.45, 7) is 2.83. The number of nitrogens with zero attached hydrogens (tertiary/aromatic N) is 1. The molecular weight excluding hydrogens is 283 g/mol. The molecule has 17 heavy (non-hydrogen) atoms. The highest BCUT2D eigenvalue weighted by Crippen LogP contribution is 2.16. The van der Waals surface area contributed by atoms with Gasteiger partial charge in [-0.05, 0) is 38.6 Å². The summed E-state index contributed by atoms with van der Waals surface area (Å²) in [4.78, 5) is 2.32. The van der Waals surface area contributed by atoms with Crippen molar-refractivity contribution in [2.75, 3.05) is 20.1 Å². The van der Waals surface area contributed by atoms with Crippen LogP contribution in [0.3, 0.4) is 0 Å².